The molecular weight excluding hydrogens is 306 g/mol. The molecular formula is C17H33NO2Si2. The van der Waals surface area contributed by atoms with Gasteiger partial charge in [0.15, 0.2) is 0 Å². The highest BCUT2D eigenvalue weighted by molar-refractivity contribution is 6.96. The van der Waals surface area contributed by atoms with E-state index in [1.165, 1.54) is 12.8 Å². The largest absolute Gasteiger partial charge is 0.342 e. The maximum Gasteiger partial charge on any atom is 0.233 e. The number of likely N-dealkylation sites (tertiary alicyclic amines) is 1. The molecule has 22 heavy (non-hydrogen) atoms. The average Bonchev–Trinajstić information content (AvgIpc) is 2.59. The molecule has 126 valence electrons. The molecule has 3 unspecified atom stereocenters. The zero-order chi connectivity index (χ0) is 16.9. The first-order valence-electron chi connectivity index (χ1n) is 8.79. The van der Waals surface area contributed by atoms with E-state index < -0.39 is 16.1 Å². The van der Waals surface area contributed by atoms with Gasteiger partial charge in [-0.15, -0.1) is 0 Å². The van der Waals surface area contributed by atoms with Crippen LogP contribution in [0.5, 0.6) is 0 Å². The van der Waals surface area contributed by atoms with Crippen LogP contribution in [-0.4, -0.2) is 44.1 Å². The summed E-state index contributed by atoms with van der Waals surface area (Å²) in [4.78, 5) is 27.6. The quantitative estimate of drug-likeness (QED) is 0.578. The molecule has 1 saturated carbocycles. The molecule has 1 aliphatic heterocycles. The molecule has 5 heteroatoms. The summed E-state index contributed by atoms with van der Waals surface area (Å²) in [6, 6.07) is 0.332. The molecule has 1 amide bonds. The van der Waals surface area contributed by atoms with Gasteiger partial charge in [0.25, 0.3) is 0 Å². The minimum Gasteiger partial charge on any atom is -0.342 e. The van der Waals surface area contributed by atoms with E-state index in [-0.39, 0.29) is 23.5 Å². The first-order chi connectivity index (χ1) is 9.96. The number of nitrogens with zero attached hydrogens (tertiary/aromatic N) is 1. The summed E-state index contributed by atoms with van der Waals surface area (Å²) in [6.07, 6.45) is 4.54. The fraction of sp³-hybridized carbons (Fsp3) is 0.882. The lowest BCUT2D eigenvalue weighted by Crippen LogP contribution is -2.65. The predicted octanol–water partition coefficient (Wildman–Crippen LogP) is 3.72. The van der Waals surface area contributed by atoms with Crippen molar-refractivity contribution in [1.82, 2.24) is 4.90 Å². The normalized spacial score (nSPS) is 29.9. The molecule has 0 aromatic carbocycles. The van der Waals surface area contributed by atoms with Crippen LogP contribution in [0, 0.1) is 11.8 Å². The van der Waals surface area contributed by atoms with Crippen molar-refractivity contribution in [1.29, 1.82) is 0 Å². The Morgan fingerprint density at radius 3 is 2.00 bits per heavy atom. The molecule has 0 bridgehead atoms. The summed E-state index contributed by atoms with van der Waals surface area (Å²) in [5, 5.41) is 0.433. The molecule has 0 aromatic heterocycles. The summed E-state index contributed by atoms with van der Waals surface area (Å²) in [6.45, 7) is 16.0. The minimum atomic E-state index is -1.51. The Morgan fingerprint density at radius 1 is 1.05 bits per heavy atom. The number of carbonyl (C=O) groups excluding carboxylic acids is 2. The maximum absolute atomic E-state index is 13.2. The van der Waals surface area contributed by atoms with Crippen LogP contribution in [0.3, 0.4) is 0 Å². The van der Waals surface area contributed by atoms with Gasteiger partial charge in [0.05, 0.1) is 16.1 Å². The summed E-state index contributed by atoms with van der Waals surface area (Å²) in [5.41, 5.74) is 0. The summed E-state index contributed by atoms with van der Waals surface area (Å²) >= 11 is 0. The topological polar surface area (TPSA) is 37.4 Å². The Labute approximate surface area is 137 Å². The van der Waals surface area contributed by atoms with Gasteiger partial charge in [-0.3, -0.25) is 9.59 Å². The van der Waals surface area contributed by atoms with Gasteiger partial charge in [0.2, 0.25) is 5.91 Å². The van der Waals surface area contributed by atoms with Crippen LogP contribution in [0.4, 0.5) is 0 Å². The summed E-state index contributed by atoms with van der Waals surface area (Å²) in [5.74, 6) is 0.197. The second kappa shape index (κ2) is 5.89. The van der Waals surface area contributed by atoms with E-state index in [0.717, 1.165) is 12.8 Å². The second-order valence-corrected chi connectivity index (χ2v) is 20.6. The zero-order valence-electron chi connectivity index (χ0n) is 15.4. The van der Waals surface area contributed by atoms with E-state index >= 15 is 0 Å². The number of hydrogen-bond acceptors (Lipinski definition) is 2. The molecule has 2 rings (SSSR count). The molecule has 1 aliphatic carbocycles. The third kappa shape index (κ3) is 3.11. The van der Waals surface area contributed by atoms with Crippen LogP contribution < -0.4 is 0 Å². The SMILES string of the molecule is CC(=O)C1C(=O)N(C([Si](C)(C)C)[Si](C)(C)C)C2CCCCC12. The lowest BCUT2D eigenvalue weighted by Gasteiger charge is -2.48. The van der Waals surface area contributed by atoms with Crippen LogP contribution in [0.15, 0.2) is 0 Å². The van der Waals surface area contributed by atoms with E-state index in [1.54, 1.807) is 6.92 Å². The number of amides is 1. The van der Waals surface area contributed by atoms with E-state index in [1.807, 2.05) is 0 Å². The standard InChI is InChI=1S/C17H33NO2Si2/c1-12(19)15-13-10-8-9-11-14(13)18(16(15)20)17(21(2,3)4)22(5,6)7/h13-15,17H,8-11H2,1-7H3. The van der Waals surface area contributed by atoms with Crippen LogP contribution in [0.2, 0.25) is 39.3 Å². The van der Waals surface area contributed by atoms with Crippen LogP contribution in [0.1, 0.15) is 32.6 Å². The molecule has 0 radical (unpaired) electrons. The average molecular weight is 340 g/mol. The Morgan fingerprint density at radius 2 is 1.55 bits per heavy atom. The first-order valence-corrected chi connectivity index (χ1v) is 15.9. The number of hydrogen-bond donors (Lipinski definition) is 0. The molecule has 1 saturated heterocycles. The smallest absolute Gasteiger partial charge is 0.233 e. The monoisotopic (exact) mass is 339 g/mol. The summed E-state index contributed by atoms with van der Waals surface area (Å²) < 4.78 is 0. The van der Waals surface area contributed by atoms with Gasteiger partial charge in [0, 0.05) is 11.3 Å². The third-order valence-electron chi connectivity index (χ3n) is 5.44. The second-order valence-electron chi connectivity index (χ2n) is 9.48. The van der Waals surface area contributed by atoms with Crippen molar-refractivity contribution in [2.75, 3.05) is 0 Å². The highest BCUT2D eigenvalue weighted by Crippen LogP contribution is 2.44. The molecule has 2 fully saturated rings. The van der Waals surface area contributed by atoms with Gasteiger partial charge in [-0.2, -0.15) is 0 Å². The predicted molar refractivity (Wildman–Crippen MR) is 97.2 cm³/mol. The molecule has 1 heterocycles. The Bertz CT molecular complexity index is 450. The van der Waals surface area contributed by atoms with Crippen molar-refractivity contribution < 1.29 is 9.59 Å². The van der Waals surface area contributed by atoms with Crippen molar-refractivity contribution in [2.24, 2.45) is 11.8 Å². The lowest BCUT2D eigenvalue weighted by molar-refractivity contribution is -0.137. The number of fused-ring (bicyclic) bond motifs is 1. The van der Waals surface area contributed by atoms with Gasteiger partial charge >= 0.3 is 0 Å². The summed E-state index contributed by atoms with van der Waals surface area (Å²) in [7, 11) is -3.03. The molecule has 0 aromatic rings. The van der Waals surface area contributed by atoms with E-state index in [2.05, 4.69) is 44.2 Å². The van der Waals surface area contributed by atoms with Gasteiger partial charge in [0.1, 0.15) is 11.7 Å². The minimum absolute atomic E-state index is 0.0919. The van der Waals surface area contributed by atoms with Crippen molar-refractivity contribution in [3.05, 3.63) is 0 Å². The molecule has 2 aliphatic rings. The molecule has 0 N–H and O–H groups in total. The van der Waals surface area contributed by atoms with Crippen molar-refractivity contribution in [3.8, 4) is 0 Å². The fourth-order valence-corrected chi connectivity index (χ4v) is 18.0. The van der Waals surface area contributed by atoms with Crippen LogP contribution >= 0.6 is 0 Å². The van der Waals surface area contributed by atoms with Gasteiger partial charge in [-0.05, 0) is 25.7 Å². The van der Waals surface area contributed by atoms with Gasteiger partial charge in [-0.25, -0.2) is 0 Å². The number of ketones is 1. The van der Waals surface area contributed by atoms with E-state index in [0.29, 0.717) is 11.3 Å². The highest BCUT2D eigenvalue weighted by Gasteiger charge is 2.56. The molecule has 0 spiro atoms. The van der Waals surface area contributed by atoms with Crippen molar-refractivity contribution in [3.63, 3.8) is 0 Å². The molecule has 3 nitrogen and oxygen atoms in total. The van der Waals surface area contributed by atoms with Crippen molar-refractivity contribution >= 4 is 27.8 Å². The number of carbonyl (C=O) groups is 2. The van der Waals surface area contributed by atoms with E-state index in [4.69, 9.17) is 0 Å². The first kappa shape index (κ1) is 17.9. The maximum atomic E-state index is 13.2. The Kier molecular flexibility index (Phi) is 4.80. The number of Topliss-reactive ketones (excluding diaryl/α,β-unsaturated/α-hetero) is 1. The Balaban J connectivity index is 2.47. The number of rotatable bonds is 4. The fourth-order valence-electron chi connectivity index (χ4n) is 5.31. The Hall–Kier alpha value is -0.426. The third-order valence-corrected chi connectivity index (χ3v) is 14.5. The zero-order valence-corrected chi connectivity index (χ0v) is 17.4. The molecule has 3 atom stereocenters. The lowest BCUT2D eigenvalue weighted by atomic mass is 9.78. The van der Waals surface area contributed by atoms with Crippen molar-refractivity contribution in [2.45, 2.75) is 83.2 Å². The van der Waals surface area contributed by atoms with Crippen LogP contribution in [-0.2, 0) is 9.59 Å². The van der Waals surface area contributed by atoms with Gasteiger partial charge in [-0.1, -0.05) is 52.1 Å². The highest BCUT2D eigenvalue weighted by atomic mass is 28.4. The van der Waals surface area contributed by atoms with E-state index in [9.17, 15) is 9.59 Å². The van der Waals surface area contributed by atoms with Crippen LogP contribution in [0.25, 0.3) is 0 Å². The van der Waals surface area contributed by atoms with Gasteiger partial charge < -0.3 is 4.90 Å².